The molecule has 114 valence electrons. The van der Waals surface area contributed by atoms with E-state index < -0.39 is 0 Å². The molecular weight excluding hydrogens is 274 g/mol. The fourth-order valence-corrected chi connectivity index (χ4v) is 3.22. The first-order chi connectivity index (χ1) is 10.8. The molecule has 2 aromatic rings. The zero-order valence-electron chi connectivity index (χ0n) is 12.8. The van der Waals surface area contributed by atoms with Crippen molar-refractivity contribution < 1.29 is 9.53 Å². The minimum absolute atomic E-state index is 0.185. The molecule has 1 N–H and O–H groups in total. The predicted octanol–water partition coefficient (Wildman–Crippen LogP) is 3.34. The zero-order valence-corrected chi connectivity index (χ0v) is 12.8. The quantitative estimate of drug-likeness (QED) is 0.656. The van der Waals surface area contributed by atoms with E-state index in [0.717, 1.165) is 13.0 Å². The fraction of sp³-hybridized carbons (Fsp3) is 0.316. The van der Waals surface area contributed by atoms with Crippen molar-refractivity contribution in [3.8, 4) is 11.1 Å². The van der Waals surface area contributed by atoms with Gasteiger partial charge in [-0.2, -0.15) is 0 Å². The molecule has 0 saturated heterocycles. The molecule has 0 aromatic heterocycles. The van der Waals surface area contributed by atoms with E-state index in [1.54, 1.807) is 0 Å². The van der Waals surface area contributed by atoms with Crippen LogP contribution in [0, 0.1) is 0 Å². The van der Waals surface area contributed by atoms with E-state index >= 15 is 0 Å². The molecule has 0 bridgehead atoms. The number of hydrogen-bond acceptors (Lipinski definition) is 3. The number of carbonyl (C=O) groups is 1. The van der Waals surface area contributed by atoms with Crippen molar-refractivity contribution in [3.63, 3.8) is 0 Å². The molecule has 0 atom stereocenters. The highest BCUT2D eigenvalue weighted by atomic mass is 16.5. The first kappa shape index (κ1) is 14.8. The molecule has 3 nitrogen and oxygen atoms in total. The number of carbonyl (C=O) groups excluding carboxylic acids is 1. The lowest BCUT2D eigenvalue weighted by molar-refractivity contribution is -0.141. The van der Waals surface area contributed by atoms with Gasteiger partial charge in [0.05, 0.1) is 13.2 Å². The molecule has 0 spiro atoms. The average molecular weight is 295 g/mol. The van der Waals surface area contributed by atoms with E-state index in [4.69, 9.17) is 4.74 Å². The van der Waals surface area contributed by atoms with Gasteiger partial charge >= 0.3 is 5.97 Å². The molecule has 0 heterocycles. The van der Waals surface area contributed by atoms with E-state index in [2.05, 4.69) is 53.8 Å². The van der Waals surface area contributed by atoms with Crippen molar-refractivity contribution in [1.82, 2.24) is 5.32 Å². The van der Waals surface area contributed by atoms with Gasteiger partial charge in [0, 0.05) is 5.92 Å². The van der Waals surface area contributed by atoms with Crippen LogP contribution >= 0.6 is 0 Å². The Hall–Kier alpha value is -2.13. The van der Waals surface area contributed by atoms with E-state index in [1.165, 1.54) is 22.3 Å². The van der Waals surface area contributed by atoms with E-state index in [-0.39, 0.29) is 12.5 Å². The Morgan fingerprint density at radius 3 is 2.23 bits per heavy atom. The van der Waals surface area contributed by atoms with Gasteiger partial charge in [0.1, 0.15) is 0 Å². The standard InChI is InChI=1S/C19H21NO2/c1-2-22-19(21)13-20-12-11-18-16-9-5-3-7-14(16)15-8-4-6-10-17(15)18/h3-10,18,20H,2,11-13H2,1H3. The summed E-state index contributed by atoms with van der Waals surface area (Å²) in [6.45, 7) is 3.34. The number of benzene rings is 2. The zero-order chi connectivity index (χ0) is 15.4. The molecule has 0 amide bonds. The number of rotatable bonds is 6. The van der Waals surface area contributed by atoms with Crippen molar-refractivity contribution >= 4 is 5.97 Å². The maximum atomic E-state index is 11.4. The first-order valence-electron chi connectivity index (χ1n) is 7.85. The Balaban J connectivity index is 1.68. The van der Waals surface area contributed by atoms with Crippen LogP contribution in [0.1, 0.15) is 30.4 Å². The second kappa shape index (κ2) is 6.75. The highest BCUT2D eigenvalue weighted by Crippen LogP contribution is 2.45. The Morgan fingerprint density at radius 1 is 1.05 bits per heavy atom. The highest BCUT2D eigenvalue weighted by molar-refractivity contribution is 5.78. The van der Waals surface area contributed by atoms with Crippen molar-refractivity contribution in [3.05, 3.63) is 59.7 Å². The summed E-state index contributed by atoms with van der Waals surface area (Å²) in [4.78, 5) is 11.4. The monoisotopic (exact) mass is 295 g/mol. The molecule has 1 aliphatic rings. The largest absolute Gasteiger partial charge is 0.465 e. The van der Waals surface area contributed by atoms with Gasteiger partial charge in [-0.1, -0.05) is 48.5 Å². The SMILES string of the molecule is CCOC(=O)CNCCC1c2ccccc2-c2ccccc21. The Labute approximate surface area is 131 Å². The molecule has 22 heavy (non-hydrogen) atoms. The Morgan fingerprint density at radius 2 is 1.64 bits per heavy atom. The van der Waals surface area contributed by atoms with Gasteiger partial charge in [-0.3, -0.25) is 4.79 Å². The summed E-state index contributed by atoms with van der Waals surface area (Å²) in [7, 11) is 0. The summed E-state index contributed by atoms with van der Waals surface area (Å²) in [5, 5.41) is 3.18. The fourth-order valence-electron chi connectivity index (χ4n) is 3.22. The van der Waals surface area contributed by atoms with Crippen molar-refractivity contribution in [2.24, 2.45) is 0 Å². The summed E-state index contributed by atoms with van der Waals surface area (Å²) < 4.78 is 4.92. The second-order valence-corrected chi connectivity index (χ2v) is 5.50. The van der Waals surface area contributed by atoms with Crippen LogP contribution in [0.4, 0.5) is 0 Å². The first-order valence-corrected chi connectivity index (χ1v) is 7.85. The van der Waals surface area contributed by atoms with Crippen LogP contribution < -0.4 is 5.32 Å². The third-order valence-corrected chi connectivity index (χ3v) is 4.15. The van der Waals surface area contributed by atoms with Crippen molar-refractivity contribution in [2.45, 2.75) is 19.3 Å². The molecule has 1 aliphatic carbocycles. The number of nitrogens with one attached hydrogen (secondary N) is 1. The summed E-state index contributed by atoms with van der Waals surface area (Å²) in [5.74, 6) is 0.219. The minimum Gasteiger partial charge on any atom is -0.465 e. The Bertz CT molecular complexity index is 620. The van der Waals surface area contributed by atoms with E-state index in [1.807, 2.05) is 6.92 Å². The van der Waals surface area contributed by atoms with E-state index in [9.17, 15) is 4.79 Å². The summed E-state index contributed by atoms with van der Waals surface area (Å²) in [5.41, 5.74) is 5.46. The number of fused-ring (bicyclic) bond motifs is 3. The van der Waals surface area contributed by atoms with Gasteiger partial charge in [-0.15, -0.1) is 0 Å². The molecular formula is C19H21NO2. The van der Waals surface area contributed by atoms with Gasteiger partial charge in [0.15, 0.2) is 0 Å². The van der Waals surface area contributed by atoms with Crippen molar-refractivity contribution in [2.75, 3.05) is 19.7 Å². The van der Waals surface area contributed by atoms with Gasteiger partial charge < -0.3 is 10.1 Å². The van der Waals surface area contributed by atoms with Crippen molar-refractivity contribution in [1.29, 1.82) is 0 Å². The van der Waals surface area contributed by atoms with Crippen LogP contribution in [0.2, 0.25) is 0 Å². The van der Waals surface area contributed by atoms with Gasteiger partial charge in [-0.25, -0.2) is 0 Å². The molecule has 3 heteroatoms. The topological polar surface area (TPSA) is 38.3 Å². The summed E-state index contributed by atoms with van der Waals surface area (Å²) >= 11 is 0. The third-order valence-electron chi connectivity index (χ3n) is 4.15. The maximum absolute atomic E-state index is 11.4. The predicted molar refractivity (Wildman–Crippen MR) is 87.8 cm³/mol. The molecule has 0 saturated carbocycles. The highest BCUT2D eigenvalue weighted by Gasteiger charge is 2.27. The molecule has 0 radical (unpaired) electrons. The van der Waals surface area contributed by atoms with Gasteiger partial charge in [-0.05, 0) is 42.1 Å². The molecule has 0 fully saturated rings. The number of esters is 1. The van der Waals surface area contributed by atoms with Crippen LogP contribution in [-0.2, 0) is 9.53 Å². The summed E-state index contributed by atoms with van der Waals surface area (Å²) in [6, 6.07) is 17.2. The number of ether oxygens (including phenoxy) is 1. The Kier molecular flexibility index (Phi) is 4.54. The normalized spacial score (nSPS) is 12.8. The molecule has 0 aliphatic heterocycles. The van der Waals surface area contributed by atoms with Crippen LogP contribution in [0.5, 0.6) is 0 Å². The van der Waals surface area contributed by atoms with Crippen LogP contribution in [0.25, 0.3) is 11.1 Å². The van der Waals surface area contributed by atoms with Gasteiger partial charge in [0.25, 0.3) is 0 Å². The number of hydrogen-bond donors (Lipinski definition) is 1. The lowest BCUT2D eigenvalue weighted by Gasteiger charge is -2.14. The third kappa shape index (κ3) is 2.90. The minimum atomic E-state index is -0.185. The smallest absolute Gasteiger partial charge is 0.319 e. The second-order valence-electron chi connectivity index (χ2n) is 5.50. The summed E-state index contributed by atoms with van der Waals surface area (Å²) in [6.07, 6.45) is 0.980. The molecule has 2 aromatic carbocycles. The van der Waals surface area contributed by atoms with Gasteiger partial charge in [0.2, 0.25) is 0 Å². The maximum Gasteiger partial charge on any atom is 0.319 e. The van der Waals surface area contributed by atoms with E-state index in [0.29, 0.717) is 12.5 Å². The lowest BCUT2D eigenvalue weighted by atomic mass is 9.94. The lowest BCUT2D eigenvalue weighted by Crippen LogP contribution is -2.26. The van der Waals surface area contributed by atoms with Crippen LogP contribution in [0.3, 0.4) is 0 Å². The molecule has 3 rings (SSSR count). The average Bonchev–Trinajstić information content (AvgIpc) is 2.86. The molecule has 0 unspecified atom stereocenters. The van der Waals surface area contributed by atoms with Crippen LogP contribution in [0.15, 0.2) is 48.5 Å². The van der Waals surface area contributed by atoms with Crippen LogP contribution in [-0.4, -0.2) is 25.7 Å².